The van der Waals surface area contributed by atoms with Crippen molar-refractivity contribution in [3.63, 3.8) is 0 Å². The van der Waals surface area contributed by atoms with Crippen molar-refractivity contribution in [1.82, 2.24) is 34.9 Å². The van der Waals surface area contributed by atoms with Crippen LogP contribution < -0.4 is 9.64 Å². The second kappa shape index (κ2) is 10.2. The Bertz CT molecular complexity index is 1320. The van der Waals surface area contributed by atoms with Crippen LogP contribution in [-0.2, 0) is 27.3 Å². The Labute approximate surface area is 205 Å². The summed E-state index contributed by atoms with van der Waals surface area (Å²) in [5.74, 6) is 0.00323. The van der Waals surface area contributed by atoms with Gasteiger partial charge in [0.05, 0.1) is 26.5 Å². The number of ether oxygens (including phenoxy) is 3. The average molecular weight is 499 g/mol. The van der Waals surface area contributed by atoms with Gasteiger partial charge in [0.25, 0.3) is 0 Å². The molecule has 4 heterocycles. The van der Waals surface area contributed by atoms with E-state index < -0.39 is 12.0 Å². The molecular formula is C22H23ClN8O4. The number of aromatic nitrogens is 7. The van der Waals surface area contributed by atoms with Gasteiger partial charge in [-0.25, -0.2) is 9.48 Å². The molecule has 0 saturated carbocycles. The molecule has 5 rings (SSSR count). The van der Waals surface area contributed by atoms with Gasteiger partial charge in [-0.1, -0.05) is 23.4 Å². The number of carbonyl (C=O) groups excluding carboxylic acids is 1. The maximum atomic E-state index is 12.6. The first-order valence-electron chi connectivity index (χ1n) is 11.0. The van der Waals surface area contributed by atoms with E-state index in [9.17, 15) is 4.79 Å². The highest BCUT2D eigenvalue weighted by Gasteiger charge is 2.25. The molecule has 1 aliphatic heterocycles. The van der Waals surface area contributed by atoms with Crippen molar-refractivity contribution in [2.24, 2.45) is 0 Å². The normalized spacial score (nSPS) is 14.7. The summed E-state index contributed by atoms with van der Waals surface area (Å²) in [7, 11) is 1.35. The van der Waals surface area contributed by atoms with Crippen molar-refractivity contribution in [3.05, 3.63) is 53.2 Å². The van der Waals surface area contributed by atoms with E-state index in [1.54, 1.807) is 6.20 Å². The van der Waals surface area contributed by atoms with Gasteiger partial charge in [-0.2, -0.15) is 15.0 Å². The minimum Gasteiger partial charge on any atom is -0.467 e. The number of carbonyl (C=O) groups is 1. The number of hydrogen-bond donors (Lipinski definition) is 1. The predicted molar refractivity (Wildman–Crippen MR) is 125 cm³/mol. The summed E-state index contributed by atoms with van der Waals surface area (Å²) < 4.78 is 17.6. The molecule has 1 fully saturated rings. The highest BCUT2D eigenvalue weighted by atomic mass is 35.5. The molecule has 182 valence electrons. The monoisotopic (exact) mass is 498 g/mol. The number of H-pyrrole nitrogens is 1. The number of morpholine rings is 1. The lowest BCUT2D eigenvalue weighted by Crippen LogP contribution is -2.37. The molecule has 0 aliphatic carbocycles. The Morgan fingerprint density at radius 3 is 2.89 bits per heavy atom. The fourth-order valence-corrected chi connectivity index (χ4v) is 4.04. The quantitative estimate of drug-likeness (QED) is 0.359. The summed E-state index contributed by atoms with van der Waals surface area (Å²) in [5.41, 5.74) is 2.45. The third-order valence-electron chi connectivity index (χ3n) is 5.66. The van der Waals surface area contributed by atoms with Crippen LogP contribution in [-0.4, -0.2) is 74.3 Å². The highest BCUT2D eigenvalue weighted by molar-refractivity contribution is 6.28. The first kappa shape index (κ1) is 23.0. The number of nitrogens with one attached hydrogen (secondary N) is 1. The number of methoxy groups -OCH3 is 1. The fourth-order valence-electron chi connectivity index (χ4n) is 3.89. The van der Waals surface area contributed by atoms with Gasteiger partial charge in [0.15, 0.2) is 6.04 Å². The highest BCUT2D eigenvalue weighted by Crippen LogP contribution is 2.24. The largest absolute Gasteiger partial charge is 0.467 e. The number of rotatable bonds is 8. The van der Waals surface area contributed by atoms with Crippen LogP contribution in [0.1, 0.15) is 17.3 Å². The van der Waals surface area contributed by atoms with Crippen LogP contribution in [0.4, 0.5) is 5.95 Å². The lowest BCUT2D eigenvalue weighted by Gasteiger charge is -2.26. The van der Waals surface area contributed by atoms with E-state index in [-0.39, 0.29) is 17.9 Å². The summed E-state index contributed by atoms with van der Waals surface area (Å²) in [6, 6.07) is 7.27. The minimum absolute atomic E-state index is 0.0316. The number of para-hydroxylation sites is 1. The molecule has 0 amide bonds. The van der Waals surface area contributed by atoms with Crippen molar-refractivity contribution < 1.29 is 19.0 Å². The molecule has 0 bridgehead atoms. The van der Waals surface area contributed by atoms with Crippen LogP contribution in [0.25, 0.3) is 10.9 Å². The molecule has 0 unspecified atom stereocenters. The smallest absolute Gasteiger partial charge is 0.331 e. The van der Waals surface area contributed by atoms with Crippen molar-refractivity contribution >= 4 is 34.4 Å². The molecule has 13 heteroatoms. The topological polar surface area (TPSA) is 133 Å². The molecule has 0 radical (unpaired) electrons. The van der Waals surface area contributed by atoms with Crippen LogP contribution in [0.3, 0.4) is 0 Å². The lowest BCUT2D eigenvalue weighted by atomic mass is 10.1. The Hall–Kier alpha value is -3.77. The number of fused-ring (bicyclic) bond motifs is 1. The molecule has 1 aromatic carbocycles. The van der Waals surface area contributed by atoms with E-state index >= 15 is 0 Å². The number of hydrogen-bond acceptors (Lipinski definition) is 10. The van der Waals surface area contributed by atoms with Crippen LogP contribution in [0.2, 0.25) is 5.28 Å². The zero-order valence-electron chi connectivity index (χ0n) is 18.9. The zero-order valence-corrected chi connectivity index (χ0v) is 19.7. The summed E-state index contributed by atoms with van der Waals surface area (Å²) in [4.78, 5) is 30.3. The van der Waals surface area contributed by atoms with Crippen LogP contribution in [0.5, 0.6) is 6.01 Å². The molecular weight excluding hydrogens is 476 g/mol. The zero-order chi connectivity index (χ0) is 24.2. The molecule has 4 aromatic rings. The Balaban J connectivity index is 1.30. The fraction of sp³-hybridized carbons (Fsp3) is 0.364. The van der Waals surface area contributed by atoms with Crippen LogP contribution in [0.15, 0.2) is 36.7 Å². The van der Waals surface area contributed by atoms with E-state index in [0.29, 0.717) is 44.4 Å². The van der Waals surface area contributed by atoms with Gasteiger partial charge in [0, 0.05) is 36.6 Å². The Morgan fingerprint density at radius 1 is 1.23 bits per heavy atom. The lowest BCUT2D eigenvalue weighted by molar-refractivity contribution is -0.144. The maximum Gasteiger partial charge on any atom is 0.331 e. The summed E-state index contributed by atoms with van der Waals surface area (Å²) in [5, 5.41) is 9.34. The molecule has 3 aromatic heterocycles. The van der Waals surface area contributed by atoms with E-state index in [0.717, 1.165) is 16.5 Å². The molecule has 35 heavy (non-hydrogen) atoms. The van der Waals surface area contributed by atoms with Gasteiger partial charge in [-0.3, -0.25) is 0 Å². The van der Waals surface area contributed by atoms with Crippen molar-refractivity contribution in [3.8, 4) is 6.01 Å². The van der Waals surface area contributed by atoms with Gasteiger partial charge < -0.3 is 24.1 Å². The van der Waals surface area contributed by atoms with Gasteiger partial charge >= 0.3 is 12.0 Å². The summed E-state index contributed by atoms with van der Waals surface area (Å²) in [6.45, 7) is 2.51. The first-order valence-corrected chi connectivity index (χ1v) is 11.4. The molecule has 1 saturated heterocycles. The Kier molecular flexibility index (Phi) is 6.73. The summed E-state index contributed by atoms with van der Waals surface area (Å²) in [6.07, 6.45) is 3.91. The van der Waals surface area contributed by atoms with Gasteiger partial charge in [-0.05, 0) is 23.2 Å². The van der Waals surface area contributed by atoms with E-state index in [4.69, 9.17) is 25.8 Å². The number of benzene rings is 1. The van der Waals surface area contributed by atoms with Crippen molar-refractivity contribution in [2.45, 2.75) is 19.1 Å². The number of nitrogens with zero attached hydrogens (tertiary/aromatic N) is 7. The van der Waals surface area contributed by atoms with E-state index in [1.165, 1.54) is 11.8 Å². The number of halogens is 1. The van der Waals surface area contributed by atoms with E-state index in [2.05, 4.69) is 30.2 Å². The second-order valence-corrected chi connectivity index (χ2v) is 8.21. The van der Waals surface area contributed by atoms with Crippen molar-refractivity contribution in [2.75, 3.05) is 38.3 Å². The van der Waals surface area contributed by atoms with E-state index in [1.807, 2.05) is 35.4 Å². The van der Waals surface area contributed by atoms with Crippen LogP contribution >= 0.6 is 11.6 Å². The number of aromatic amines is 1. The third-order valence-corrected chi connectivity index (χ3v) is 5.83. The number of anilines is 1. The first-order chi connectivity index (χ1) is 17.1. The molecule has 1 N–H and O–H groups in total. The molecule has 12 nitrogen and oxygen atoms in total. The summed E-state index contributed by atoms with van der Waals surface area (Å²) >= 11 is 6.07. The third kappa shape index (κ3) is 5.17. The average Bonchev–Trinajstić information content (AvgIpc) is 3.53. The van der Waals surface area contributed by atoms with Gasteiger partial charge in [0.2, 0.25) is 11.2 Å². The SMILES string of the molecule is COC(=O)[C@H](Cc1c[nH]c2ccccc12)n1cc(COc2nc(Cl)nc(N3CCOCC3)n2)nn1. The van der Waals surface area contributed by atoms with Crippen molar-refractivity contribution in [1.29, 1.82) is 0 Å². The number of esters is 1. The van der Waals surface area contributed by atoms with Gasteiger partial charge in [-0.15, -0.1) is 5.10 Å². The van der Waals surface area contributed by atoms with Crippen LogP contribution in [0, 0.1) is 0 Å². The molecule has 0 spiro atoms. The van der Waals surface area contributed by atoms with Gasteiger partial charge in [0.1, 0.15) is 12.3 Å². The molecule has 1 aliphatic rings. The minimum atomic E-state index is -0.694. The predicted octanol–water partition coefficient (Wildman–Crippen LogP) is 1.97. The standard InChI is InChI=1S/C22H23ClN8O4/c1-33-19(32)18(10-14-11-24-17-5-3-2-4-16(14)17)31-12-15(28-29-31)13-35-22-26-20(23)25-21(27-22)30-6-8-34-9-7-30/h2-5,11-12,18,24H,6-10,13H2,1H3/t18-/m0/s1. The maximum absolute atomic E-state index is 12.6. The Morgan fingerprint density at radius 2 is 2.06 bits per heavy atom. The second-order valence-electron chi connectivity index (χ2n) is 7.87. The molecule has 1 atom stereocenters.